The van der Waals surface area contributed by atoms with Crippen LogP contribution in [0.5, 0.6) is 0 Å². The smallest absolute Gasteiger partial charge is 0.302 e. The Bertz CT molecular complexity index is 228. The Balaban J connectivity index is 2.36. The Hall–Kier alpha value is -0.790. The summed E-state index contributed by atoms with van der Waals surface area (Å²) in [7, 11) is 0. The average Bonchev–Trinajstić information content (AvgIpc) is 2.07. The van der Waals surface area contributed by atoms with Gasteiger partial charge in [-0.1, -0.05) is 11.1 Å². The van der Waals surface area contributed by atoms with Crippen molar-refractivity contribution < 1.29 is 9.53 Å². The van der Waals surface area contributed by atoms with E-state index in [1.165, 1.54) is 18.1 Å². The van der Waals surface area contributed by atoms with E-state index in [1.807, 2.05) is 0 Å². The second-order valence-electron chi connectivity index (χ2n) is 3.97. The molecule has 1 rings (SSSR count). The predicted molar refractivity (Wildman–Crippen MR) is 52.3 cm³/mol. The molecule has 1 aliphatic carbocycles. The first-order chi connectivity index (χ1) is 6.09. The quantitative estimate of drug-likeness (QED) is 0.485. The molecule has 1 aliphatic rings. The highest BCUT2D eigenvalue weighted by atomic mass is 16.5. The maximum atomic E-state index is 10.6. The standard InChI is InChI=1S/C11H18O2/c1-8-4-5-11(6-9(8)2)7-13-10(3)12/h11H,4-7H2,1-3H3/t11-/m1/s1. The van der Waals surface area contributed by atoms with E-state index >= 15 is 0 Å². The zero-order valence-electron chi connectivity index (χ0n) is 8.72. The van der Waals surface area contributed by atoms with Crippen molar-refractivity contribution in [1.29, 1.82) is 0 Å². The molecule has 0 spiro atoms. The van der Waals surface area contributed by atoms with Crippen molar-refractivity contribution in [2.45, 2.75) is 40.0 Å². The van der Waals surface area contributed by atoms with Crippen LogP contribution < -0.4 is 0 Å². The number of esters is 1. The van der Waals surface area contributed by atoms with E-state index < -0.39 is 0 Å². The molecule has 1 atom stereocenters. The van der Waals surface area contributed by atoms with Gasteiger partial charge >= 0.3 is 5.97 Å². The fourth-order valence-electron chi connectivity index (χ4n) is 1.72. The van der Waals surface area contributed by atoms with Crippen molar-refractivity contribution >= 4 is 5.97 Å². The van der Waals surface area contributed by atoms with Crippen LogP contribution in [0.1, 0.15) is 40.0 Å². The van der Waals surface area contributed by atoms with Gasteiger partial charge in [0.15, 0.2) is 0 Å². The van der Waals surface area contributed by atoms with E-state index in [0.717, 1.165) is 19.3 Å². The second kappa shape index (κ2) is 4.45. The molecular weight excluding hydrogens is 164 g/mol. The van der Waals surface area contributed by atoms with Gasteiger partial charge in [-0.3, -0.25) is 4.79 Å². The summed E-state index contributed by atoms with van der Waals surface area (Å²) in [6.45, 7) is 6.43. The van der Waals surface area contributed by atoms with Crippen LogP contribution in [0.3, 0.4) is 0 Å². The number of allylic oxidation sites excluding steroid dienone is 2. The first-order valence-electron chi connectivity index (χ1n) is 4.88. The van der Waals surface area contributed by atoms with Crippen molar-refractivity contribution in [3.63, 3.8) is 0 Å². The average molecular weight is 182 g/mol. The normalized spacial score (nSPS) is 23.2. The van der Waals surface area contributed by atoms with E-state index in [9.17, 15) is 4.79 Å². The minimum atomic E-state index is -0.163. The number of rotatable bonds is 2. The van der Waals surface area contributed by atoms with Gasteiger partial charge in [-0.2, -0.15) is 0 Å². The molecule has 0 unspecified atom stereocenters. The lowest BCUT2D eigenvalue weighted by molar-refractivity contribution is -0.142. The molecule has 0 fully saturated rings. The monoisotopic (exact) mass is 182 g/mol. The lowest BCUT2D eigenvalue weighted by atomic mass is 9.86. The zero-order chi connectivity index (χ0) is 9.84. The first-order valence-corrected chi connectivity index (χ1v) is 4.88. The first kappa shape index (κ1) is 10.3. The van der Waals surface area contributed by atoms with Gasteiger partial charge in [0.25, 0.3) is 0 Å². The van der Waals surface area contributed by atoms with Crippen LogP contribution in [0.15, 0.2) is 11.1 Å². The molecule has 2 heteroatoms. The Morgan fingerprint density at radius 2 is 2.15 bits per heavy atom. The lowest BCUT2D eigenvalue weighted by Gasteiger charge is -2.23. The van der Waals surface area contributed by atoms with Crippen molar-refractivity contribution in [2.24, 2.45) is 5.92 Å². The molecule has 0 saturated heterocycles. The highest BCUT2D eigenvalue weighted by Crippen LogP contribution is 2.28. The zero-order valence-corrected chi connectivity index (χ0v) is 8.72. The van der Waals surface area contributed by atoms with E-state index in [2.05, 4.69) is 13.8 Å². The summed E-state index contributed by atoms with van der Waals surface area (Å²) < 4.78 is 5.00. The molecule has 0 saturated carbocycles. The molecule has 0 amide bonds. The van der Waals surface area contributed by atoms with Crippen molar-refractivity contribution in [3.8, 4) is 0 Å². The van der Waals surface area contributed by atoms with Crippen LogP contribution in [-0.2, 0) is 9.53 Å². The SMILES string of the molecule is CC(=O)OC[C@@H]1CCC(C)=C(C)C1. The van der Waals surface area contributed by atoms with Crippen LogP contribution in [0.25, 0.3) is 0 Å². The van der Waals surface area contributed by atoms with Gasteiger partial charge in [0.1, 0.15) is 0 Å². The number of carbonyl (C=O) groups is 1. The number of carbonyl (C=O) groups excluding carboxylic acids is 1. The molecule has 13 heavy (non-hydrogen) atoms. The van der Waals surface area contributed by atoms with Crippen LogP contribution in [0.4, 0.5) is 0 Å². The van der Waals surface area contributed by atoms with Gasteiger partial charge in [-0.25, -0.2) is 0 Å². The molecule has 0 aliphatic heterocycles. The summed E-state index contributed by atoms with van der Waals surface area (Å²) in [5.41, 5.74) is 2.99. The molecule has 2 nitrogen and oxygen atoms in total. The second-order valence-corrected chi connectivity index (χ2v) is 3.97. The summed E-state index contributed by atoms with van der Waals surface area (Å²) in [5, 5.41) is 0. The Kier molecular flexibility index (Phi) is 3.52. The topological polar surface area (TPSA) is 26.3 Å². The van der Waals surface area contributed by atoms with Gasteiger partial charge in [-0.15, -0.1) is 0 Å². The molecule has 0 aromatic carbocycles. The van der Waals surface area contributed by atoms with Gasteiger partial charge in [-0.05, 0) is 39.0 Å². The Morgan fingerprint density at radius 3 is 2.69 bits per heavy atom. The molecule has 0 radical (unpaired) electrons. The summed E-state index contributed by atoms with van der Waals surface area (Å²) in [6, 6.07) is 0. The number of hydrogen-bond donors (Lipinski definition) is 0. The van der Waals surface area contributed by atoms with Crippen LogP contribution >= 0.6 is 0 Å². The highest BCUT2D eigenvalue weighted by molar-refractivity contribution is 5.65. The summed E-state index contributed by atoms with van der Waals surface area (Å²) in [5.74, 6) is 0.386. The Labute approximate surface area is 80.0 Å². The molecule has 0 aromatic rings. The van der Waals surface area contributed by atoms with Crippen molar-refractivity contribution in [1.82, 2.24) is 0 Å². The van der Waals surface area contributed by atoms with Gasteiger partial charge in [0.05, 0.1) is 6.61 Å². The fourth-order valence-corrected chi connectivity index (χ4v) is 1.72. The largest absolute Gasteiger partial charge is 0.466 e. The molecule has 74 valence electrons. The summed E-state index contributed by atoms with van der Waals surface area (Å²) in [6.07, 6.45) is 3.42. The van der Waals surface area contributed by atoms with Gasteiger partial charge in [0.2, 0.25) is 0 Å². The molecule has 0 N–H and O–H groups in total. The maximum absolute atomic E-state index is 10.6. The van der Waals surface area contributed by atoms with Crippen LogP contribution in [-0.4, -0.2) is 12.6 Å². The third kappa shape index (κ3) is 3.21. The summed E-state index contributed by atoms with van der Waals surface area (Å²) in [4.78, 5) is 10.6. The van der Waals surface area contributed by atoms with Crippen molar-refractivity contribution in [2.75, 3.05) is 6.61 Å². The molecule has 0 bridgehead atoms. The predicted octanol–water partition coefficient (Wildman–Crippen LogP) is 2.69. The van der Waals surface area contributed by atoms with Gasteiger partial charge < -0.3 is 4.74 Å². The molecule has 0 heterocycles. The maximum Gasteiger partial charge on any atom is 0.302 e. The molecular formula is C11H18O2. The number of hydrogen-bond acceptors (Lipinski definition) is 2. The van der Waals surface area contributed by atoms with Gasteiger partial charge in [0, 0.05) is 6.92 Å². The van der Waals surface area contributed by atoms with E-state index in [4.69, 9.17) is 4.74 Å². The minimum absolute atomic E-state index is 0.163. The third-order valence-corrected chi connectivity index (χ3v) is 2.77. The van der Waals surface area contributed by atoms with E-state index in [-0.39, 0.29) is 5.97 Å². The lowest BCUT2D eigenvalue weighted by Crippen LogP contribution is -2.16. The highest BCUT2D eigenvalue weighted by Gasteiger charge is 2.17. The van der Waals surface area contributed by atoms with Crippen molar-refractivity contribution in [3.05, 3.63) is 11.1 Å². The summed E-state index contributed by atoms with van der Waals surface area (Å²) >= 11 is 0. The van der Waals surface area contributed by atoms with Crippen LogP contribution in [0.2, 0.25) is 0 Å². The Morgan fingerprint density at radius 1 is 1.46 bits per heavy atom. The van der Waals surface area contributed by atoms with Crippen LogP contribution in [0, 0.1) is 5.92 Å². The van der Waals surface area contributed by atoms with E-state index in [1.54, 1.807) is 0 Å². The van der Waals surface area contributed by atoms with E-state index in [0.29, 0.717) is 12.5 Å². The third-order valence-electron chi connectivity index (χ3n) is 2.77. The fraction of sp³-hybridized carbons (Fsp3) is 0.727. The minimum Gasteiger partial charge on any atom is -0.466 e. The molecule has 0 aromatic heterocycles. The number of ether oxygens (including phenoxy) is 1.